The molecule has 2 atom stereocenters. The van der Waals surface area contributed by atoms with Crippen molar-refractivity contribution < 1.29 is 22.0 Å². The molecule has 3 nitrogen and oxygen atoms in total. The lowest BCUT2D eigenvalue weighted by Crippen LogP contribution is -2.48. The highest BCUT2D eigenvalue weighted by atomic mass is 79.9. The maximum Gasteiger partial charge on any atom is 0.401 e. The molecule has 1 aliphatic heterocycles. The Labute approximate surface area is 167 Å². The SMILES string of the molecule is C[C@@H]1Cc2c(ccc(N)c2C=N)[C@@H](c2c(F)cc(Br)cc2F)N1CC(F)(F)F. The lowest BCUT2D eigenvalue weighted by atomic mass is 9.82. The van der Waals surface area contributed by atoms with Crippen LogP contribution in [0.4, 0.5) is 27.6 Å². The molecule has 0 radical (unpaired) electrons. The largest absolute Gasteiger partial charge is 0.401 e. The van der Waals surface area contributed by atoms with Gasteiger partial charge in [0.2, 0.25) is 0 Å². The third-order valence-corrected chi connectivity index (χ3v) is 5.40. The number of nitrogens with two attached hydrogens (primary N) is 1. The minimum absolute atomic E-state index is 0.148. The fourth-order valence-corrected chi connectivity index (χ4v) is 4.19. The summed E-state index contributed by atoms with van der Waals surface area (Å²) < 4.78 is 69.4. The van der Waals surface area contributed by atoms with Crippen molar-refractivity contribution in [2.75, 3.05) is 12.3 Å². The summed E-state index contributed by atoms with van der Waals surface area (Å²) in [5, 5.41) is 7.61. The molecule has 0 aromatic heterocycles. The fraction of sp³-hybridized carbons (Fsp3) is 0.316. The summed E-state index contributed by atoms with van der Waals surface area (Å²) >= 11 is 2.99. The molecule has 28 heavy (non-hydrogen) atoms. The van der Waals surface area contributed by atoms with Crippen LogP contribution < -0.4 is 5.73 Å². The molecule has 9 heteroatoms. The van der Waals surface area contributed by atoms with Crippen molar-refractivity contribution in [3.8, 4) is 0 Å². The van der Waals surface area contributed by atoms with Crippen LogP contribution in [0.15, 0.2) is 28.7 Å². The third-order valence-electron chi connectivity index (χ3n) is 4.94. The molecule has 1 heterocycles. The number of alkyl halides is 3. The Balaban J connectivity index is 2.30. The van der Waals surface area contributed by atoms with Gasteiger partial charge in [-0.2, -0.15) is 13.2 Å². The van der Waals surface area contributed by atoms with E-state index in [0.29, 0.717) is 22.4 Å². The second-order valence-corrected chi connectivity index (χ2v) is 7.72. The van der Waals surface area contributed by atoms with E-state index in [1.807, 2.05) is 0 Å². The number of nitrogens with one attached hydrogen (secondary N) is 1. The Bertz CT molecular complexity index is 906. The van der Waals surface area contributed by atoms with Crippen LogP contribution in [0.25, 0.3) is 0 Å². The summed E-state index contributed by atoms with van der Waals surface area (Å²) in [6, 6.07) is 3.01. The number of hydrogen-bond acceptors (Lipinski definition) is 3. The molecule has 0 fully saturated rings. The molecule has 150 valence electrons. The van der Waals surface area contributed by atoms with Crippen molar-refractivity contribution in [3.05, 3.63) is 62.6 Å². The van der Waals surface area contributed by atoms with Crippen molar-refractivity contribution in [1.82, 2.24) is 4.90 Å². The molecule has 0 amide bonds. The molecule has 2 aromatic carbocycles. The van der Waals surface area contributed by atoms with E-state index in [4.69, 9.17) is 11.1 Å². The van der Waals surface area contributed by atoms with Crippen molar-refractivity contribution in [1.29, 1.82) is 5.41 Å². The number of anilines is 1. The number of halogens is 6. The Kier molecular flexibility index (Phi) is 5.51. The maximum absolute atomic E-state index is 14.7. The van der Waals surface area contributed by atoms with Crippen molar-refractivity contribution in [3.63, 3.8) is 0 Å². The minimum atomic E-state index is -4.55. The topological polar surface area (TPSA) is 53.1 Å². The second kappa shape index (κ2) is 7.44. The van der Waals surface area contributed by atoms with E-state index < -0.39 is 42.0 Å². The number of rotatable bonds is 3. The zero-order valence-electron chi connectivity index (χ0n) is 14.7. The molecular weight excluding hydrogens is 445 g/mol. The Hall–Kier alpha value is -2.00. The average molecular weight is 462 g/mol. The van der Waals surface area contributed by atoms with Crippen LogP contribution in [0.5, 0.6) is 0 Å². The van der Waals surface area contributed by atoms with E-state index >= 15 is 0 Å². The predicted molar refractivity (Wildman–Crippen MR) is 101 cm³/mol. The van der Waals surface area contributed by atoms with Crippen LogP contribution >= 0.6 is 15.9 Å². The van der Waals surface area contributed by atoms with E-state index in [9.17, 15) is 22.0 Å². The van der Waals surface area contributed by atoms with Crippen LogP contribution in [0.2, 0.25) is 0 Å². The highest BCUT2D eigenvalue weighted by Gasteiger charge is 2.43. The molecule has 0 saturated heterocycles. The quantitative estimate of drug-likeness (QED) is 0.374. The fourth-order valence-electron chi connectivity index (χ4n) is 3.79. The van der Waals surface area contributed by atoms with Gasteiger partial charge in [0, 0.05) is 33.5 Å². The first-order valence-corrected chi connectivity index (χ1v) is 9.21. The van der Waals surface area contributed by atoms with E-state index in [1.165, 1.54) is 12.1 Å². The van der Waals surface area contributed by atoms with E-state index in [2.05, 4.69) is 15.9 Å². The summed E-state index contributed by atoms with van der Waals surface area (Å²) in [6.07, 6.45) is -3.35. The van der Waals surface area contributed by atoms with Crippen LogP contribution in [-0.4, -0.2) is 29.9 Å². The van der Waals surface area contributed by atoms with Crippen LogP contribution in [-0.2, 0) is 6.42 Å². The van der Waals surface area contributed by atoms with Gasteiger partial charge in [0.1, 0.15) is 11.6 Å². The molecule has 0 bridgehead atoms. The third kappa shape index (κ3) is 3.77. The number of nitrogens with zero attached hydrogens (tertiary/aromatic N) is 1. The summed E-state index contributed by atoms with van der Waals surface area (Å²) in [5.74, 6) is -1.89. The molecule has 0 saturated carbocycles. The zero-order chi connectivity index (χ0) is 20.8. The highest BCUT2D eigenvalue weighted by Crippen LogP contribution is 2.43. The molecule has 3 N–H and O–H groups in total. The molecule has 3 rings (SSSR count). The lowest BCUT2D eigenvalue weighted by Gasteiger charge is -2.43. The number of fused-ring (bicyclic) bond motifs is 1. The maximum atomic E-state index is 14.7. The van der Waals surface area contributed by atoms with Gasteiger partial charge >= 0.3 is 6.18 Å². The van der Waals surface area contributed by atoms with E-state index in [1.54, 1.807) is 6.92 Å². The summed E-state index contributed by atoms with van der Waals surface area (Å²) in [7, 11) is 0. The molecular formula is C19H17BrF5N3. The highest BCUT2D eigenvalue weighted by molar-refractivity contribution is 9.10. The molecule has 2 aromatic rings. The zero-order valence-corrected chi connectivity index (χ0v) is 16.3. The number of nitrogen functional groups attached to an aromatic ring is 1. The van der Waals surface area contributed by atoms with Gasteiger partial charge < -0.3 is 11.1 Å². The first kappa shape index (κ1) is 20.7. The van der Waals surface area contributed by atoms with Gasteiger partial charge in [0.25, 0.3) is 0 Å². The minimum Gasteiger partial charge on any atom is -0.398 e. The van der Waals surface area contributed by atoms with Gasteiger partial charge in [0.15, 0.2) is 0 Å². The van der Waals surface area contributed by atoms with Crippen molar-refractivity contribution in [2.24, 2.45) is 0 Å². The van der Waals surface area contributed by atoms with Gasteiger partial charge in [0.05, 0.1) is 12.6 Å². The lowest BCUT2D eigenvalue weighted by molar-refractivity contribution is -0.155. The number of hydrogen-bond donors (Lipinski definition) is 2. The Morgan fingerprint density at radius 3 is 2.39 bits per heavy atom. The van der Waals surface area contributed by atoms with E-state index in [0.717, 1.165) is 23.2 Å². The molecule has 0 unspecified atom stereocenters. The summed E-state index contributed by atoms with van der Waals surface area (Å²) in [4.78, 5) is 1.04. The molecule has 0 aliphatic carbocycles. The summed E-state index contributed by atoms with van der Waals surface area (Å²) in [6.45, 7) is 0.241. The molecule has 0 spiro atoms. The average Bonchev–Trinajstić information content (AvgIpc) is 2.55. The standard InChI is InChI=1S/C19H17BrF5N3/c1-9-4-12-11(2-3-16(27)13(12)7-26)18(28(9)8-19(23,24)25)17-14(21)5-10(20)6-15(17)22/h2-3,5-7,9,18,26H,4,8,27H2,1H3/t9-,18+/m1/s1. The predicted octanol–water partition coefficient (Wildman–Crippen LogP) is 5.21. The van der Waals surface area contributed by atoms with Crippen LogP contribution in [0.1, 0.15) is 35.2 Å². The van der Waals surface area contributed by atoms with Crippen LogP contribution in [0.3, 0.4) is 0 Å². The van der Waals surface area contributed by atoms with Gasteiger partial charge in [-0.15, -0.1) is 0 Å². The summed E-state index contributed by atoms with van der Waals surface area (Å²) in [5.41, 5.74) is 6.95. The Morgan fingerprint density at radius 2 is 1.86 bits per heavy atom. The monoisotopic (exact) mass is 461 g/mol. The molecule has 1 aliphatic rings. The first-order chi connectivity index (χ1) is 13.0. The van der Waals surface area contributed by atoms with Crippen LogP contribution in [0, 0.1) is 17.0 Å². The normalized spacial score (nSPS) is 20.1. The van der Waals surface area contributed by atoms with Crippen molar-refractivity contribution in [2.45, 2.75) is 31.6 Å². The van der Waals surface area contributed by atoms with E-state index in [-0.39, 0.29) is 10.9 Å². The van der Waals surface area contributed by atoms with Gasteiger partial charge in [-0.25, -0.2) is 8.78 Å². The van der Waals surface area contributed by atoms with Gasteiger partial charge in [-0.3, -0.25) is 4.90 Å². The number of benzene rings is 2. The first-order valence-electron chi connectivity index (χ1n) is 8.42. The van der Waals surface area contributed by atoms with Crippen molar-refractivity contribution >= 4 is 27.8 Å². The second-order valence-electron chi connectivity index (χ2n) is 6.81. The Morgan fingerprint density at radius 1 is 1.25 bits per heavy atom. The van der Waals surface area contributed by atoms with Gasteiger partial charge in [-0.1, -0.05) is 22.0 Å². The smallest absolute Gasteiger partial charge is 0.398 e. The van der Waals surface area contributed by atoms with Gasteiger partial charge in [-0.05, 0) is 42.7 Å².